The predicted octanol–water partition coefficient (Wildman–Crippen LogP) is 5.35. The molecule has 3 aromatic rings. The van der Waals surface area contributed by atoms with Gasteiger partial charge in [-0.1, -0.05) is 47.5 Å². The van der Waals surface area contributed by atoms with Gasteiger partial charge in [0, 0.05) is 24.4 Å². The molecule has 0 radical (unpaired) electrons. The van der Waals surface area contributed by atoms with Gasteiger partial charge in [0.2, 0.25) is 5.91 Å². The van der Waals surface area contributed by atoms with E-state index < -0.39 is 0 Å². The van der Waals surface area contributed by atoms with Crippen LogP contribution in [0, 0.1) is 6.92 Å². The minimum Gasteiger partial charge on any atom is -0.331 e. The number of anilines is 1. The minimum absolute atomic E-state index is 0.251. The summed E-state index contributed by atoms with van der Waals surface area (Å²) in [5.41, 5.74) is 3.36. The number of halogens is 2. The number of rotatable bonds is 4. The Hall–Kier alpha value is -2.56. The van der Waals surface area contributed by atoms with E-state index in [4.69, 9.17) is 23.2 Å². The number of nitrogens with one attached hydrogen (secondary N) is 1. The molecule has 2 aromatic carbocycles. The summed E-state index contributed by atoms with van der Waals surface area (Å²) in [6.45, 7) is 1.95. The van der Waals surface area contributed by atoms with Gasteiger partial charge >= 0.3 is 0 Å². The Morgan fingerprint density at radius 3 is 2.69 bits per heavy atom. The van der Waals surface area contributed by atoms with Crippen LogP contribution in [-0.2, 0) is 11.8 Å². The minimum atomic E-state index is -0.251. The summed E-state index contributed by atoms with van der Waals surface area (Å²) in [4.78, 5) is 16.5. The molecule has 0 saturated heterocycles. The predicted molar refractivity (Wildman–Crippen MR) is 108 cm³/mol. The van der Waals surface area contributed by atoms with Crippen molar-refractivity contribution in [2.75, 3.05) is 5.32 Å². The third-order valence-electron chi connectivity index (χ3n) is 4.04. The Morgan fingerprint density at radius 2 is 1.96 bits per heavy atom. The fraction of sp³-hybridized carbons (Fsp3) is 0.100. The van der Waals surface area contributed by atoms with E-state index in [-0.39, 0.29) is 5.91 Å². The van der Waals surface area contributed by atoms with Crippen molar-refractivity contribution >= 4 is 40.9 Å². The van der Waals surface area contributed by atoms with Crippen molar-refractivity contribution in [3.05, 3.63) is 76.2 Å². The normalized spacial score (nSPS) is 11.1. The molecule has 1 heterocycles. The fourth-order valence-electron chi connectivity index (χ4n) is 2.53. The molecule has 0 saturated carbocycles. The number of hydrogen-bond donors (Lipinski definition) is 1. The van der Waals surface area contributed by atoms with E-state index in [1.165, 1.54) is 6.08 Å². The highest BCUT2D eigenvalue weighted by atomic mass is 35.5. The van der Waals surface area contributed by atoms with Gasteiger partial charge in [-0.2, -0.15) is 0 Å². The Bertz CT molecular complexity index is 992. The molecule has 0 atom stereocenters. The van der Waals surface area contributed by atoms with Crippen LogP contribution < -0.4 is 5.32 Å². The molecule has 0 spiro atoms. The first-order valence-electron chi connectivity index (χ1n) is 7.97. The number of aryl methyl sites for hydroxylation is 1. The molecule has 26 heavy (non-hydrogen) atoms. The molecular formula is C20H17Cl2N3O. The monoisotopic (exact) mass is 385 g/mol. The summed E-state index contributed by atoms with van der Waals surface area (Å²) in [6, 6.07) is 12.9. The third kappa shape index (κ3) is 3.98. The first-order chi connectivity index (χ1) is 12.5. The number of hydrogen-bond acceptors (Lipinski definition) is 2. The number of nitrogens with zero attached hydrogens (tertiary/aromatic N) is 2. The van der Waals surface area contributed by atoms with Gasteiger partial charge in [0.15, 0.2) is 0 Å². The second kappa shape index (κ2) is 7.77. The molecule has 3 rings (SSSR count). The molecule has 0 fully saturated rings. The molecular weight excluding hydrogens is 369 g/mol. The summed E-state index contributed by atoms with van der Waals surface area (Å²) in [5.74, 6) is 0.676. The SMILES string of the molecule is Cc1ncc(-c2cccc(NC(=O)C=Cc3cccc(Cl)c3Cl)c2)n1C. The van der Waals surface area contributed by atoms with Crippen molar-refractivity contribution in [3.8, 4) is 11.3 Å². The van der Waals surface area contributed by atoms with Crippen LogP contribution in [-0.4, -0.2) is 15.5 Å². The van der Waals surface area contributed by atoms with E-state index in [0.717, 1.165) is 17.1 Å². The fourth-order valence-corrected chi connectivity index (χ4v) is 2.90. The summed E-state index contributed by atoms with van der Waals surface area (Å²) in [7, 11) is 1.96. The average molecular weight is 386 g/mol. The maximum absolute atomic E-state index is 12.2. The zero-order valence-corrected chi connectivity index (χ0v) is 15.8. The standard InChI is InChI=1S/C20H17Cl2N3O/c1-13-23-12-18(25(13)2)15-6-3-7-16(11-15)24-19(26)10-9-14-5-4-8-17(21)20(14)22/h3-12H,1-2H3,(H,24,26). The first-order valence-corrected chi connectivity index (χ1v) is 8.73. The van der Waals surface area contributed by atoms with Crippen LogP contribution in [0.25, 0.3) is 17.3 Å². The third-order valence-corrected chi connectivity index (χ3v) is 4.88. The van der Waals surface area contributed by atoms with Crippen molar-refractivity contribution in [1.82, 2.24) is 9.55 Å². The van der Waals surface area contributed by atoms with E-state index in [1.54, 1.807) is 24.3 Å². The van der Waals surface area contributed by atoms with Crippen molar-refractivity contribution in [1.29, 1.82) is 0 Å². The lowest BCUT2D eigenvalue weighted by Crippen LogP contribution is -2.07. The van der Waals surface area contributed by atoms with Gasteiger partial charge in [-0.25, -0.2) is 4.98 Å². The van der Waals surface area contributed by atoms with Crippen LogP contribution in [0.2, 0.25) is 10.0 Å². The quantitative estimate of drug-likeness (QED) is 0.614. The second-order valence-corrected chi connectivity index (χ2v) is 6.58. The topological polar surface area (TPSA) is 46.9 Å². The Morgan fingerprint density at radius 1 is 1.19 bits per heavy atom. The Labute approximate surface area is 162 Å². The van der Waals surface area contributed by atoms with Crippen molar-refractivity contribution in [3.63, 3.8) is 0 Å². The van der Waals surface area contributed by atoms with E-state index in [9.17, 15) is 4.79 Å². The smallest absolute Gasteiger partial charge is 0.248 e. The van der Waals surface area contributed by atoms with Crippen LogP contribution in [0.4, 0.5) is 5.69 Å². The van der Waals surface area contributed by atoms with E-state index in [2.05, 4.69) is 10.3 Å². The average Bonchev–Trinajstić information content (AvgIpc) is 2.95. The van der Waals surface area contributed by atoms with Gasteiger partial charge in [-0.15, -0.1) is 0 Å². The lowest BCUT2D eigenvalue weighted by atomic mass is 10.1. The van der Waals surface area contributed by atoms with Crippen molar-refractivity contribution < 1.29 is 4.79 Å². The summed E-state index contributed by atoms with van der Waals surface area (Å²) >= 11 is 12.1. The molecule has 0 aliphatic rings. The van der Waals surface area contributed by atoms with E-state index in [0.29, 0.717) is 21.3 Å². The lowest BCUT2D eigenvalue weighted by Gasteiger charge is -2.07. The molecule has 0 unspecified atom stereocenters. The second-order valence-electron chi connectivity index (χ2n) is 5.80. The van der Waals surface area contributed by atoms with Gasteiger partial charge in [-0.05, 0) is 36.8 Å². The largest absolute Gasteiger partial charge is 0.331 e. The molecule has 1 amide bonds. The van der Waals surface area contributed by atoms with Gasteiger partial charge in [-0.3, -0.25) is 4.79 Å². The van der Waals surface area contributed by atoms with Crippen LogP contribution in [0.5, 0.6) is 0 Å². The summed E-state index contributed by atoms with van der Waals surface area (Å²) in [5, 5.41) is 3.73. The van der Waals surface area contributed by atoms with Crippen molar-refractivity contribution in [2.45, 2.75) is 6.92 Å². The van der Waals surface area contributed by atoms with Crippen LogP contribution >= 0.6 is 23.2 Å². The number of amides is 1. The maximum atomic E-state index is 12.2. The van der Waals surface area contributed by atoms with E-state index >= 15 is 0 Å². The summed E-state index contributed by atoms with van der Waals surface area (Å²) < 4.78 is 2.00. The zero-order valence-electron chi connectivity index (χ0n) is 14.3. The number of imidazole rings is 1. The molecule has 0 aliphatic carbocycles. The van der Waals surface area contributed by atoms with Gasteiger partial charge in [0.25, 0.3) is 0 Å². The van der Waals surface area contributed by atoms with Crippen LogP contribution in [0.3, 0.4) is 0 Å². The highest BCUT2D eigenvalue weighted by Crippen LogP contribution is 2.26. The zero-order chi connectivity index (χ0) is 18.7. The molecule has 0 bridgehead atoms. The van der Waals surface area contributed by atoms with Crippen LogP contribution in [0.15, 0.2) is 54.7 Å². The van der Waals surface area contributed by atoms with Gasteiger partial charge in [0.05, 0.1) is 21.9 Å². The highest BCUT2D eigenvalue weighted by molar-refractivity contribution is 6.42. The molecule has 4 nitrogen and oxygen atoms in total. The lowest BCUT2D eigenvalue weighted by molar-refractivity contribution is -0.111. The molecule has 6 heteroatoms. The summed E-state index contributed by atoms with van der Waals surface area (Å²) in [6.07, 6.45) is 4.88. The first kappa shape index (κ1) is 18.2. The van der Waals surface area contributed by atoms with Gasteiger partial charge in [0.1, 0.15) is 5.82 Å². The Balaban J connectivity index is 1.76. The molecule has 0 aliphatic heterocycles. The van der Waals surface area contributed by atoms with E-state index in [1.807, 2.05) is 49.0 Å². The van der Waals surface area contributed by atoms with Crippen molar-refractivity contribution in [2.24, 2.45) is 7.05 Å². The number of aromatic nitrogens is 2. The van der Waals surface area contributed by atoms with Crippen LogP contribution in [0.1, 0.15) is 11.4 Å². The number of benzene rings is 2. The molecule has 1 aromatic heterocycles. The van der Waals surface area contributed by atoms with Gasteiger partial charge < -0.3 is 9.88 Å². The number of carbonyl (C=O) groups is 1. The molecule has 132 valence electrons. The number of carbonyl (C=O) groups excluding carboxylic acids is 1. The molecule has 1 N–H and O–H groups in total. The maximum Gasteiger partial charge on any atom is 0.248 e. The Kier molecular flexibility index (Phi) is 5.45. The highest BCUT2D eigenvalue weighted by Gasteiger charge is 2.07.